The number of hydrogen-bond acceptors (Lipinski definition) is 5. The van der Waals surface area contributed by atoms with Crippen molar-refractivity contribution < 1.29 is 23.8 Å². The maximum Gasteiger partial charge on any atom is 0.338 e. The number of rotatable bonds is 6. The van der Waals surface area contributed by atoms with Gasteiger partial charge in [-0.05, 0) is 36.4 Å². The summed E-state index contributed by atoms with van der Waals surface area (Å²) in [5.74, 6) is -0.322. The van der Waals surface area contributed by atoms with Gasteiger partial charge in [0.15, 0.2) is 18.1 Å². The number of nitrogens with one attached hydrogen (secondary N) is 1. The number of ether oxygens (including phenoxy) is 3. The first kappa shape index (κ1) is 18.9. The van der Waals surface area contributed by atoms with E-state index < -0.39 is 18.5 Å². The maximum atomic E-state index is 12.0. The molecule has 0 atom stereocenters. The standard InChI is InChI=1S/C17H15Cl2NO5/c1-23-14-4-3-10(5-15(14)24-2)17(22)25-9-16(21)20-13-7-11(18)6-12(19)8-13/h3-8H,9H2,1-2H3,(H,20,21). The summed E-state index contributed by atoms with van der Waals surface area (Å²) in [5.41, 5.74) is 0.640. The summed E-state index contributed by atoms with van der Waals surface area (Å²) in [7, 11) is 2.94. The maximum absolute atomic E-state index is 12.0. The molecular weight excluding hydrogens is 369 g/mol. The lowest BCUT2D eigenvalue weighted by Gasteiger charge is -2.10. The van der Waals surface area contributed by atoms with Crippen LogP contribution in [-0.4, -0.2) is 32.7 Å². The summed E-state index contributed by atoms with van der Waals surface area (Å²) in [4.78, 5) is 23.9. The van der Waals surface area contributed by atoms with Gasteiger partial charge in [-0.3, -0.25) is 4.79 Å². The number of carbonyl (C=O) groups is 2. The molecule has 8 heteroatoms. The minimum Gasteiger partial charge on any atom is -0.493 e. The van der Waals surface area contributed by atoms with Gasteiger partial charge >= 0.3 is 5.97 Å². The zero-order valence-electron chi connectivity index (χ0n) is 13.5. The molecule has 0 aliphatic heterocycles. The van der Waals surface area contributed by atoms with Crippen LogP contribution in [0.15, 0.2) is 36.4 Å². The lowest BCUT2D eigenvalue weighted by Crippen LogP contribution is -2.21. The number of esters is 1. The Morgan fingerprint density at radius 3 is 2.20 bits per heavy atom. The quantitative estimate of drug-likeness (QED) is 0.767. The fraction of sp³-hybridized carbons (Fsp3) is 0.176. The van der Waals surface area contributed by atoms with Crippen molar-refractivity contribution in [2.24, 2.45) is 0 Å². The van der Waals surface area contributed by atoms with E-state index >= 15 is 0 Å². The van der Waals surface area contributed by atoms with Crippen molar-refractivity contribution in [1.29, 1.82) is 0 Å². The normalized spacial score (nSPS) is 10.1. The number of halogens is 2. The fourth-order valence-electron chi connectivity index (χ4n) is 2.00. The lowest BCUT2D eigenvalue weighted by atomic mass is 10.2. The molecule has 25 heavy (non-hydrogen) atoms. The second kappa shape index (κ2) is 8.60. The fourth-order valence-corrected chi connectivity index (χ4v) is 2.53. The molecule has 0 heterocycles. The van der Waals surface area contributed by atoms with Crippen LogP contribution in [0.2, 0.25) is 10.0 Å². The van der Waals surface area contributed by atoms with Gasteiger partial charge in [0, 0.05) is 15.7 Å². The number of methoxy groups -OCH3 is 2. The summed E-state index contributed by atoms with van der Waals surface area (Å²) in [6.07, 6.45) is 0. The van der Waals surface area contributed by atoms with Gasteiger partial charge < -0.3 is 19.5 Å². The molecule has 2 aromatic carbocycles. The number of benzene rings is 2. The summed E-state index contributed by atoms with van der Waals surface area (Å²) in [6, 6.07) is 9.15. The SMILES string of the molecule is COc1ccc(C(=O)OCC(=O)Nc2cc(Cl)cc(Cl)c2)cc1OC. The first-order chi connectivity index (χ1) is 11.9. The molecule has 0 unspecified atom stereocenters. The van der Waals surface area contributed by atoms with Gasteiger partial charge in [0.05, 0.1) is 19.8 Å². The Morgan fingerprint density at radius 2 is 1.60 bits per heavy atom. The highest BCUT2D eigenvalue weighted by molar-refractivity contribution is 6.35. The van der Waals surface area contributed by atoms with Crippen molar-refractivity contribution in [1.82, 2.24) is 0 Å². The first-order valence-electron chi connectivity index (χ1n) is 7.08. The highest BCUT2D eigenvalue weighted by Crippen LogP contribution is 2.27. The molecule has 0 fully saturated rings. The van der Waals surface area contributed by atoms with Crippen LogP contribution in [0.4, 0.5) is 5.69 Å². The molecule has 132 valence electrons. The highest BCUT2D eigenvalue weighted by atomic mass is 35.5. The van der Waals surface area contributed by atoms with E-state index in [-0.39, 0.29) is 5.56 Å². The molecule has 2 rings (SSSR count). The third kappa shape index (κ3) is 5.27. The first-order valence-corrected chi connectivity index (χ1v) is 7.83. The van der Waals surface area contributed by atoms with Crippen LogP contribution >= 0.6 is 23.2 Å². The van der Waals surface area contributed by atoms with Gasteiger partial charge in [-0.2, -0.15) is 0 Å². The van der Waals surface area contributed by atoms with Crippen molar-refractivity contribution in [3.8, 4) is 11.5 Å². The van der Waals surface area contributed by atoms with Crippen molar-refractivity contribution in [2.75, 3.05) is 26.1 Å². The molecule has 6 nitrogen and oxygen atoms in total. The van der Waals surface area contributed by atoms with Crippen LogP contribution in [0.3, 0.4) is 0 Å². The van der Waals surface area contributed by atoms with Gasteiger partial charge in [-0.1, -0.05) is 23.2 Å². The molecular formula is C17H15Cl2NO5. The minimum atomic E-state index is -0.666. The Balaban J connectivity index is 1.96. The van der Waals surface area contributed by atoms with Gasteiger partial charge in [0.1, 0.15) is 0 Å². The van der Waals surface area contributed by atoms with Crippen molar-refractivity contribution in [3.05, 3.63) is 52.0 Å². The van der Waals surface area contributed by atoms with Crippen LogP contribution < -0.4 is 14.8 Å². The Labute approximate surface area is 154 Å². The van der Waals surface area contributed by atoms with Gasteiger partial charge in [0.25, 0.3) is 5.91 Å². The minimum absolute atomic E-state index is 0.233. The molecule has 0 aromatic heterocycles. The van der Waals surface area contributed by atoms with Gasteiger partial charge in [-0.15, -0.1) is 0 Å². The second-order valence-corrected chi connectivity index (χ2v) is 5.73. The van der Waals surface area contributed by atoms with Crippen LogP contribution in [0, 0.1) is 0 Å². The Kier molecular flexibility index (Phi) is 6.50. The predicted molar refractivity (Wildman–Crippen MR) is 94.9 cm³/mol. The molecule has 0 aliphatic rings. The summed E-state index contributed by atoms with van der Waals surface area (Å²) in [6.45, 7) is -0.461. The van der Waals surface area contributed by atoms with E-state index in [1.807, 2.05) is 0 Å². The largest absolute Gasteiger partial charge is 0.493 e. The Morgan fingerprint density at radius 1 is 0.960 bits per heavy atom. The Hall–Kier alpha value is -2.44. The second-order valence-electron chi connectivity index (χ2n) is 4.85. The van der Waals surface area contributed by atoms with E-state index in [4.69, 9.17) is 37.4 Å². The highest BCUT2D eigenvalue weighted by Gasteiger charge is 2.14. The number of amides is 1. The molecule has 0 bridgehead atoms. The molecule has 0 spiro atoms. The van der Waals surface area contributed by atoms with E-state index in [9.17, 15) is 9.59 Å². The smallest absolute Gasteiger partial charge is 0.338 e. The van der Waals surface area contributed by atoms with E-state index in [2.05, 4.69) is 5.32 Å². The third-order valence-electron chi connectivity index (χ3n) is 3.10. The predicted octanol–water partition coefficient (Wildman–Crippen LogP) is 3.81. The molecule has 0 aliphatic carbocycles. The van der Waals surface area contributed by atoms with E-state index in [0.29, 0.717) is 27.2 Å². The molecule has 2 aromatic rings. The molecule has 0 saturated carbocycles. The molecule has 1 amide bonds. The Bertz CT molecular complexity index is 774. The topological polar surface area (TPSA) is 73.9 Å². The van der Waals surface area contributed by atoms with E-state index in [1.54, 1.807) is 6.07 Å². The zero-order chi connectivity index (χ0) is 18.4. The third-order valence-corrected chi connectivity index (χ3v) is 3.54. The van der Waals surface area contributed by atoms with Crippen LogP contribution in [0.1, 0.15) is 10.4 Å². The monoisotopic (exact) mass is 383 g/mol. The average Bonchev–Trinajstić information content (AvgIpc) is 2.58. The molecule has 0 saturated heterocycles. The number of anilines is 1. The lowest BCUT2D eigenvalue weighted by molar-refractivity contribution is -0.119. The summed E-state index contributed by atoms with van der Waals surface area (Å²) >= 11 is 11.7. The van der Waals surface area contributed by atoms with Crippen molar-refractivity contribution in [3.63, 3.8) is 0 Å². The van der Waals surface area contributed by atoms with Gasteiger partial charge in [0.2, 0.25) is 0 Å². The molecule has 0 radical (unpaired) electrons. The zero-order valence-corrected chi connectivity index (χ0v) is 15.0. The summed E-state index contributed by atoms with van der Waals surface area (Å²) < 4.78 is 15.2. The number of hydrogen-bond donors (Lipinski definition) is 1. The van der Waals surface area contributed by atoms with Crippen LogP contribution in [0.5, 0.6) is 11.5 Å². The van der Waals surface area contributed by atoms with Gasteiger partial charge in [-0.25, -0.2) is 4.79 Å². The van der Waals surface area contributed by atoms with Crippen LogP contribution in [0.25, 0.3) is 0 Å². The number of carbonyl (C=O) groups excluding carboxylic acids is 2. The van der Waals surface area contributed by atoms with Crippen LogP contribution in [-0.2, 0) is 9.53 Å². The van der Waals surface area contributed by atoms with Crippen molar-refractivity contribution >= 4 is 40.8 Å². The van der Waals surface area contributed by atoms with E-state index in [0.717, 1.165) is 0 Å². The molecule has 1 N–H and O–H groups in total. The summed E-state index contributed by atoms with van der Waals surface area (Å²) in [5, 5.41) is 3.30. The average molecular weight is 384 g/mol. The van der Waals surface area contributed by atoms with Crippen molar-refractivity contribution in [2.45, 2.75) is 0 Å². The van der Waals surface area contributed by atoms with E-state index in [1.165, 1.54) is 44.6 Å².